The summed E-state index contributed by atoms with van der Waals surface area (Å²) in [5, 5.41) is 0. The van der Waals surface area contributed by atoms with Crippen molar-refractivity contribution in [2.24, 2.45) is 11.8 Å². The summed E-state index contributed by atoms with van der Waals surface area (Å²) >= 11 is 0. The Morgan fingerprint density at radius 2 is 1.36 bits per heavy atom. The molecule has 0 amide bonds. The molecule has 0 aromatic heterocycles. The summed E-state index contributed by atoms with van der Waals surface area (Å²) in [6.07, 6.45) is -0.351. The standard InChI is InChI=1S/C26H32O10/c1-6-33-23(28)20(24(29)34-7-2)13-15-12-18(21(25(30)35-8-3)26(31)36-9-4)17-11-10-16(32-5)14-19(17)22(15)27/h10-11,14-15,20H,6-9,12-13H2,1-5H3. The molecule has 2 rings (SSSR count). The van der Waals surface area contributed by atoms with E-state index in [1.807, 2.05) is 0 Å². The summed E-state index contributed by atoms with van der Waals surface area (Å²) in [4.78, 5) is 64.4. The second-order valence-corrected chi connectivity index (χ2v) is 7.76. The van der Waals surface area contributed by atoms with E-state index in [1.165, 1.54) is 13.2 Å². The van der Waals surface area contributed by atoms with E-state index in [1.54, 1.807) is 39.8 Å². The van der Waals surface area contributed by atoms with Crippen molar-refractivity contribution in [3.63, 3.8) is 0 Å². The van der Waals surface area contributed by atoms with Crippen LogP contribution in [0.1, 0.15) is 56.5 Å². The van der Waals surface area contributed by atoms with Crippen LogP contribution in [0.4, 0.5) is 0 Å². The van der Waals surface area contributed by atoms with Crippen molar-refractivity contribution in [3.05, 3.63) is 34.9 Å². The highest BCUT2D eigenvalue weighted by molar-refractivity contribution is 6.22. The monoisotopic (exact) mass is 504 g/mol. The Hall–Kier alpha value is -3.69. The Kier molecular flexibility index (Phi) is 10.6. The molecule has 1 atom stereocenters. The number of ether oxygens (including phenoxy) is 5. The number of ketones is 1. The average molecular weight is 505 g/mol. The summed E-state index contributed by atoms with van der Waals surface area (Å²) in [7, 11) is 1.43. The molecular weight excluding hydrogens is 472 g/mol. The SMILES string of the molecule is CCOC(=O)C(C(=O)OCC)=C1CC(CC(C(=O)OCC)C(=O)OCC)C(=O)c2cc(OC)ccc21. The van der Waals surface area contributed by atoms with E-state index >= 15 is 0 Å². The molecule has 10 nitrogen and oxygen atoms in total. The maximum absolute atomic E-state index is 13.5. The van der Waals surface area contributed by atoms with Crippen molar-refractivity contribution in [3.8, 4) is 5.75 Å². The van der Waals surface area contributed by atoms with Crippen molar-refractivity contribution >= 4 is 35.2 Å². The molecule has 0 bridgehead atoms. The minimum absolute atomic E-state index is 0.0145. The van der Waals surface area contributed by atoms with Gasteiger partial charge in [-0.3, -0.25) is 14.4 Å². The second-order valence-electron chi connectivity index (χ2n) is 7.76. The van der Waals surface area contributed by atoms with Gasteiger partial charge < -0.3 is 23.7 Å². The molecule has 196 valence electrons. The lowest BCUT2D eigenvalue weighted by Crippen LogP contribution is -2.34. The minimum atomic E-state index is -1.36. The van der Waals surface area contributed by atoms with Crippen LogP contribution < -0.4 is 4.74 Å². The van der Waals surface area contributed by atoms with Crippen molar-refractivity contribution in [1.82, 2.24) is 0 Å². The zero-order valence-electron chi connectivity index (χ0n) is 21.2. The molecule has 0 heterocycles. The molecule has 1 aliphatic rings. The van der Waals surface area contributed by atoms with Gasteiger partial charge in [-0.05, 0) is 63.8 Å². The van der Waals surface area contributed by atoms with E-state index in [9.17, 15) is 24.0 Å². The van der Waals surface area contributed by atoms with Gasteiger partial charge in [0, 0.05) is 11.5 Å². The van der Waals surface area contributed by atoms with Gasteiger partial charge >= 0.3 is 23.9 Å². The summed E-state index contributed by atoms with van der Waals surface area (Å²) in [6, 6.07) is 4.66. The van der Waals surface area contributed by atoms with Gasteiger partial charge in [-0.2, -0.15) is 0 Å². The molecule has 0 saturated heterocycles. The molecule has 0 saturated carbocycles. The topological polar surface area (TPSA) is 132 Å². The van der Waals surface area contributed by atoms with Crippen LogP contribution in [-0.4, -0.2) is 63.2 Å². The van der Waals surface area contributed by atoms with E-state index in [-0.39, 0.29) is 61.8 Å². The van der Waals surface area contributed by atoms with Gasteiger partial charge in [-0.1, -0.05) is 6.07 Å². The third kappa shape index (κ3) is 6.50. The van der Waals surface area contributed by atoms with Crippen LogP contribution in [0, 0.1) is 11.8 Å². The molecule has 0 spiro atoms. The third-order valence-electron chi connectivity index (χ3n) is 5.56. The predicted octanol–water partition coefficient (Wildman–Crippen LogP) is 2.91. The number of hydrogen-bond acceptors (Lipinski definition) is 10. The van der Waals surface area contributed by atoms with Gasteiger partial charge in [0.25, 0.3) is 0 Å². The molecule has 1 aromatic carbocycles. The van der Waals surface area contributed by atoms with Crippen LogP contribution in [0.15, 0.2) is 23.8 Å². The van der Waals surface area contributed by atoms with Gasteiger partial charge in [0.05, 0.1) is 33.5 Å². The maximum atomic E-state index is 13.5. The number of allylic oxidation sites excluding steroid dienone is 1. The fourth-order valence-electron chi connectivity index (χ4n) is 4.01. The van der Waals surface area contributed by atoms with Crippen LogP contribution in [0.2, 0.25) is 0 Å². The lowest BCUT2D eigenvalue weighted by molar-refractivity contribution is -0.162. The summed E-state index contributed by atoms with van der Waals surface area (Å²) in [6.45, 7) is 6.49. The predicted molar refractivity (Wildman–Crippen MR) is 127 cm³/mol. The van der Waals surface area contributed by atoms with Crippen LogP contribution in [0.3, 0.4) is 0 Å². The zero-order valence-corrected chi connectivity index (χ0v) is 21.2. The van der Waals surface area contributed by atoms with Crippen LogP contribution in [-0.2, 0) is 38.1 Å². The Morgan fingerprint density at radius 1 is 0.833 bits per heavy atom. The molecular formula is C26H32O10. The van der Waals surface area contributed by atoms with Gasteiger partial charge in [-0.15, -0.1) is 0 Å². The van der Waals surface area contributed by atoms with Gasteiger partial charge in [-0.25, -0.2) is 9.59 Å². The first kappa shape index (κ1) is 28.5. The number of Topliss-reactive ketones (excluding diaryl/α,β-unsaturated/α-hetero) is 1. The Balaban J connectivity index is 2.69. The maximum Gasteiger partial charge on any atom is 0.345 e. The largest absolute Gasteiger partial charge is 0.497 e. The fourth-order valence-corrected chi connectivity index (χ4v) is 4.01. The first-order chi connectivity index (χ1) is 17.2. The molecule has 0 fully saturated rings. The van der Waals surface area contributed by atoms with Crippen molar-refractivity contribution < 1.29 is 47.7 Å². The number of hydrogen-bond donors (Lipinski definition) is 0. The number of rotatable bonds is 11. The Bertz CT molecular complexity index is 1000. The molecule has 1 aliphatic carbocycles. The van der Waals surface area contributed by atoms with Crippen LogP contribution in [0.25, 0.3) is 5.57 Å². The van der Waals surface area contributed by atoms with Crippen LogP contribution >= 0.6 is 0 Å². The normalized spacial score (nSPS) is 14.6. The quantitative estimate of drug-likeness (QED) is 0.146. The highest BCUT2D eigenvalue weighted by Gasteiger charge is 2.41. The first-order valence-corrected chi connectivity index (χ1v) is 11.9. The van der Waals surface area contributed by atoms with Crippen molar-refractivity contribution in [2.45, 2.75) is 40.5 Å². The second kappa shape index (κ2) is 13.4. The number of carbonyl (C=O) groups excluding carboxylic acids is 5. The molecule has 0 radical (unpaired) electrons. The minimum Gasteiger partial charge on any atom is -0.497 e. The highest BCUT2D eigenvalue weighted by atomic mass is 16.6. The number of methoxy groups -OCH3 is 1. The average Bonchev–Trinajstić information content (AvgIpc) is 2.85. The van der Waals surface area contributed by atoms with E-state index < -0.39 is 35.7 Å². The molecule has 0 N–H and O–H groups in total. The fraction of sp³-hybridized carbons (Fsp3) is 0.500. The first-order valence-electron chi connectivity index (χ1n) is 11.9. The van der Waals surface area contributed by atoms with Gasteiger partial charge in [0.1, 0.15) is 11.3 Å². The van der Waals surface area contributed by atoms with Crippen LogP contribution in [0.5, 0.6) is 5.75 Å². The van der Waals surface area contributed by atoms with Gasteiger partial charge in [0.15, 0.2) is 11.7 Å². The number of fused-ring (bicyclic) bond motifs is 1. The molecule has 10 heteroatoms. The number of benzene rings is 1. The number of carbonyl (C=O) groups is 5. The Labute approximate surface area is 209 Å². The van der Waals surface area contributed by atoms with Gasteiger partial charge in [0.2, 0.25) is 0 Å². The van der Waals surface area contributed by atoms with E-state index in [2.05, 4.69) is 0 Å². The Morgan fingerprint density at radius 3 is 1.83 bits per heavy atom. The van der Waals surface area contributed by atoms with Crippen molar-refractivity contribution in [1.29, 1.82) is 0 Å². The van der Waals surface area contributed by atoms with E-state index in [4.69, 9.17) is 23.7 Å². The smallest absolute Gasteiger partial charge is 0.345 e. The molecule has 1 unspecified atom stereocenters. The molecule has 0 aliphatic heterocycles. The summed E-state index contributed by atoms with van der Waals surface area (Å²) in [5.41, 5.74) is 0.405. The zero-order chi connectivity index (χ0) is 26.8. The van der Waals surface area contributed by atoms with Crippen molar-refractivity contribution in [2.75, 3.05) is 33.5 Å². The lowest BCUT2D eigenvalue weighted by atomic mass is 9.74. The summed E-state index contributed by atoms with van der Waals surface area (Å²) < 4.78 is 25.6. The number of esters is 4. The third-order valence-corrected chi connectivity index (χ3v) is 5.56. The van der Waals surface area contributed by atoms with E-state index in [0.717, 1.165) is 0 Å². The van der Waals surface area contributed by atoms with E-state index in [0.29, 0.717) is 11.3 Å². The summed E-state index contributed by atoms with van der Waals surface area (Å²) in [5.74, 6) is -5.73. The molecule has 36 heavy (non-hydrogen) atoms. The molecule has 1 aromatic rings. The highest BCUT2D eigenvalue weighted by Crippen LogP contribution is 2.41. The lowest BCUT2D eigenvalue weighted by Gasteiger charge is -2.29.